The topological polar surface area (TPSA) is 61.7 Å². The van der Waals surface area contributed by atoms with Gasteiger partial charge in [-0.05, 0) is 0 Å². The van der Waals surface area contributed by atoms with Crippen LogP contribution in [0.25, 0.3) is 0 Å². The van der Waals surface area contributed by atoms with Gasteiger partial charge in [0.1, 0.15) is 0 Å². The van der Waals surface area contributed by atoms with E-state index in [0.29, 0.717) is 13.2 Å². The van der Waals surface area contributed by atoms with Crippen LogP contribution in [0.1, 0.15) is 13.8 Å². The quantitative estimate of drug-likeness (QED) is 0.512. The Morgan fingerprint density at radius 2 is 2.00 bits per heavy atom. The third kappa shape index (κ3) is 5.99. The molecule has 0 spiro atoms. The van der Waals surface area contributed by atoms with Crippen molar-refractivity contribution in [1.29, 1.82) is 0 Å². The van der Waals surface area contributed by atoms with Gasteiger partial charge in [0.05, 0.1) is 19.3 Å². The molecule has 0 saturated heterocycles. The van der Waals surface area contributed by atoms with E-state index in [9.17, 15) is 0 Å². The smallest absolute Gasteiger partial charge is 0.0638 e. The van der Waals surface area contributed by atoms with E-state index in [-0.39, 0.29) is 24.7 Å². The maximum absolute atomic E-state index is 8.98. The number of hydrogen-bond acceptors (Lipinski definition) is 4. The van der Waals surface area contributed by atoms with Crippen molar-refractivity contribution in [2.75, 3.05) is 33.5 Å². The molecular formula is C9H21NO3. The van der Waals surface area contributed by atoms with Crippen LogP contribution in [0.3, 0.4) is 0 Å². The zero-order valence-electron chi connectivity index (χ0n) is 8.71. The second kappa shape index (κ2) is 6.32. The summed E-state index contributed by atoms with van der Waals surface area (Å²) in [7, 11) is 1.60. The molecule has 0 aromatic heterocycles. The van der Waals surface area contributed by atoms with Gasteiger partial charge in [-0.25, -0.2) is 0 Å². The van der Waals surface area contributed by atoms with Crippen molar-refractivity contribution >= 4 is 0 Å². The van der Waals surface area contributed by atoms with Gasteiger partial charge in [-0.3, -0.25) is 0 Å². The van der Waals surface area contributed by atoms with Crippen molar-refractivity contribution in [2.45, 2.75) is 19.9 Å². The van der Waals surface area contributed by atoms with E-state index < -0.39 is 0 Å². The Morgan fingerprint density at radius 1 is 1.38 bits per heavy atom. The lowest BCUT2D eigenvalue weighted by Crippen LogP contribution is -2.42. The fourth-order valence-corrected chi connectivity index (χ4v) is 0.854. The van der Waals surface area contributed by atoms with Gasteiger partial charge in [0.25, 0.3) is 0 Å². The molecule has 0 saturated carbocycles. The summed E-state index contributed by atoms with van der Waals surface area (Å²) in [6.45, 7) is 5.25. The summed E-state index contributed by atoms with van der Waals surface area (Å²) in [5, 5.41) is 21.0. The second-order valence-electron chi connectivity index (χ2n) is 4.04. The average molecular weight is 191 g/mol. The SMILES string of the molecule is COCC(CO)NCC(C)(C)CO. The minimum atomic E-state index is -0.152. The summed E-state index contributed by atoms with van der Waals surface area (Å²) in [5.41, 5.74) is -0.152. The van der Waals surface area contributed by atoms with Gasteiger partial charge in [0.15, 0.2) is 0 Å². The standard InChI is InChI=1S/C9H21NO3/c1-9(2,7-12)6-10-8(4-11)5-13-3/h8,10-12H,4-7H2,1-3H3. The summed E-state index contributed by atoms with van der Waals surface area (Å²) < 4.78 is 4.91. The predicted molar refractivity (Wildman–Crippen MR) is 51.6 cm³/mol. The highest BCUT2D eigenvalue weighted by Crippen LogP contribution is 2.11. The van der Waals surface area contributed by atoms with Gasteiger partial charge in [-0.1, -0.05) is 13.8 Å². The van der Waals surface area contributed by atoms with Crippen LogP contribution in [0.4, 0.5) is 0 Å². The van der Waals surface area contributed by atoms with Crippen molar-refractivity contribution < 1.29 is 14.9 Å². The molecule has 0 fully saturated rings. The molecule has 4 nitrogen and oxygen atoms in total. The number of ether oxygens (including phenoxy) is 1. The van der Waals surface area contributed by atoms with Crippen molar-refractivity contribution in [3.05, 3.63) is 0 Å². The minimum Gasteiger partial charge on any atom is -0.396 e. The lowest BCUT2D eigenvalue weighted by Gasteiger charge is -2.25. The molecule has 0 aromatic carbocycles. The van der Waals surface area contributed by atoms with E-state index in [4.69, 9.17) is 14.9 Å². The molecule has 0 aliphatic carbocycles. The average Bonchev–Trinajstić information content (AvgIpc) is 2.12. The van der Waals surface area contributed by atoms with E-state index in [1.165, 1.54) is 0 Å². The van der Waals surface area contributed by atoms with Gasteiger partial charge in [0, 0.05) is 25.7 Å². The van der Waals surface area contributed by atoms with Crippen molar-refractivity contribution in [3.63, 3.8) is 0 Å². The maximum Gasteiger partial charge on any atom is 0.0638 e. The predicted octanol–water partition coefficient (Wildman–Crippen LogP) is -0.398. The summed E-state index contributed by atoms with van der Waals surface area (Å²) in [6, 6.07) is -0.0455. The number of aliphatic hydroxyl groups excluding tert-OH is 2. The number of rotatable bonds is 7. The zero-order chi connectivity index (χ0) is 10.3. The monoisotopic (exact) mass is 191 g/mol. The zero-order valence-corrected chi connectivity index (χ0v) is 8.71. The van der Waals surface area contributed by atoms with Crippen molar-refractivity contribution in [2.24, 2.45) is 5.41 Å². The Hall–Kier alpha value is -0.160. The highest BCUT2D eigenvalue weighted by molar-refractivity contribution is 4.74. The molecule has 0 rings (SSSR count). The lowest BCUT2D eigenvalue weighted by molar-refractivity contribution is 0.107. The maximum atomic E-state index is 8.98. The van der Waals surface area contributed by atoms with E-state index in [1.54, 1.807) is 7.11 Å². The van der Waals surface area contributed by atoms with Crippen molar-refractivity contribution in [1.82, 2.24) is 5.32 Å². The summed E-state index contributed by atoms with van der Waals surface area (Å²) >= 11 is 0. The van der Waals surface area contributed by atoms with Crippen LogP contribution in [0.5, 0.6) is 0 Å². The van der Waals surface area contributed by atoms with Crippen LogP contribution in [-0.2, 0) is 4.74 Å². The normalized spacial score (nSPS) is 14.5. The molecule has 0 amide bonds. The second-order valence-corrected chi connectivity index (χ2v) is 4.04. The van der Waals surface area contributed by atoms with Crippen LogP contribution in [-0.4, -0.2) is 49.7 Å². The Labute approximate surface area is 79.9 Å². The van der Waals surface area contributed by atoms with Crippen LogP contribution >= 0.6 is 0 Å². The number of methoxy groups -OCH3 is 1. The van der Waals surface area contributed by atoms with Crippen molar-refractivity contribution in [3.8, 4) is 0 Å². The summed E-state index contributed by atoms with van der Waals surface area (Å²) in [5.74, 6) is 0. The number of aliphatic hydroxyl groups is 2. The van der Waals surface area contributed by atoms with Crippen LogP contribution < -0.4 is 5.32 Å². The van der Waals surface area contributed by atoms with Gasteiger partial charge >= 0.3 is 0 Å². The molecule has 0 aromatic rings. The Kier molecular flexibility index (Phi) is 6.24. The third-order valence-electron chi connectivity index (χ3n) is 1.89. The lowest BCUT2D eigenvalue weighted by atomic mass is 9.95. The van der Waals surface area contributed by atoms with Crippen LogP contribution in [0.15, 0.2) is 0 Å². The molecule has 3 N–H and O–H groups in total. The minimum absolute atomic E-state index is 0.0455. The molecule has 0 radical (unpaired) electrons. The molecular weight excluding hydrogens is 170 g/mol. The molecule has 0 heterocycles. The summed E-state index contributed by atoms with van der Waals surface area (Å²) in [6.07, 6.45) is 0. The first-order valence-corrected chi connectivity index (χ1v) is 4.50. The molecule has 0 aliphatic heterocycles. The van der Waals surface area contributed by atoms with E-state index in [0.717, 1.165) is 0 Å². The molecule has 0 aliphatic rings. The first kappa shape index (κ1) is 12.8. The van der Waals surface area contributed by atoms with Gasteiger partial charge in [-0.15, -0.1) is 0 Å². The first-order chi connectivity index (χ1) is 6.05. The van der Waals surface area contributed by atoms with Crippen LogP contribution in [0, 0.1) is 5.41 Å². The van der Waals surface area contributed by atoms with Gasteiger partial charge in [0.2, 0.25) is 0 Å². The Morgan fingerprint density at radius 3 is 2.38 bits per heavy atom. The fraction of sp³-hybridized carbons (Fsp3) is 1.00. The highest BCUT2D eigenvalue weighted by Gasteiger charge is 2.18. The summed E-state index contributed by atoms with van der Waals surface area (Å²) in [4.78, 5) is 0. The molecule has 1 atom stereocenters. The molecule has 4 heteroatoms. The van der Waals surface area contributed by atoms with E-state index in [2.05, 4.69) is 5.32 Å². The number of hydrogen-bond donors (Lipinski definition) is 3. The molecule has 13 heavy (non-hydrogen) atoms. The Bertz CT molecular complexity index is 128. The van der Waals surface area contributed by atoms with E-state index >= 15 is 0 Å². The Balaban J connectivity index is 3.70. The first-order valence-electron chi connectivity index (χ1n) is 4.50. The highest BCUT2D eigenvalue weighted by atomic mass is 16.5. The largest absolute Gasteiger partial charge is 0.396 e. The molecule has 1 unspecified atom stereocenters. The van der Waals surface area contributed by atoms with E-state index in [1.807, 2.05) is 13.8 Å². The fourth-order valence-electron chi connectivity index (χ4n) is 0.854. The van der Waals surface area contributed by atoms with Gasteiger partial charge in [-0.2, -0.15) is 0 Å². The van der Waals surface area contributed by atoms with Crippen LogP contribution in [0.2, 0.25) is 0 Å². The third-order valence-corrected chi connectivity index (χ3v) is 1.89. The number of nitrogens with one attached hydrogen (secondary N) is 1. The van der Waals surface area contributed by atoms with Gasteiger partial charge < -0.3 is 20.3 Å². The molecule has 0 bridgehead atoms. The molecule has 80 valence electrons.